The minimum Gasteiger partial charge on any atom is -0.383 e. The van der Waals surface area contributed by atoms with Gasteiger partial charge in [0.25, 0.3) is 0 Å². The molecule has 2 rings (SSSR count). The van der Waals surface area contributed by atoms with E-state index in [2.05, 4.69) is 31.0 Å². The number of nitrogens with zero attached hydrogens (tertiary/aromatic N) is 5. The summed E-state index contributed by atoms with van der Waals surface area (Å²) in [7, 11) is 3.83. The fourth-order valence-corrected chi connectivity index (χ4v) is 2.05. The number of nitrogen functional groups attached to an aromatic ring is 1. The second kappa shape index (κ2) is 4.70. The third kappa shape index (κ3) is 2.55. The van der Waals surface area contributed by atoms with E-state index < -0.39 is 0 Å². The van der Waals surface area contributed by atoms with E-state index >= 15 is 0 Å². The fraction of sp³-hybridized carbons (Fsp3) is 0.300. The highest BCUT2D eigenvalue weighted by Gasteiger charge is 2.11. The van der Waals surface area contributed by atoms with Crippen LogP contribution in [0.2, 0.25) is 0 Å². The first-order valence-electron chi connectivity index (χ1n) is 5.02. The molecule has 0 fully saturated rings. The van der Waals surface area contributed by atoms with Gasteiger partial charge in [-0.25, -0.2) is 9.97 Å². The Hall–Kier alpha value is -1.63. The lowest BCUT2D eigenvalue weighted by atomic mass is 10.3. The third-order valence-electron chi connectivity index (χ3n) is 2.34. The van der Waals surface area contributed by atoms with Gasteiger partial charge in [-0.1, -0.05) is 0 Å². The molecule has 0 saturated carbocycles. The van der Waals surface area contributed by atoms with Crippen molar-refractivity contribution in [2.75, 3.05) is 17.7 Å². The summed E-state index contributed by atoms with van der Waals surface area (Å²) in [5, 5.41) is 4.12. The van der Waals surface area contributed by atoms with Crippen molar-refractivity contribution in [3.63, 3.8) is 0 Å². The molecule has 0 amide bonds. The summed E-state index contributed by atoms with van der Waals surface area (Å²) in [5.74, 6) is 1.20. The molecule has 2 heterocycles. The molecule has 0 saturated heterocycles. The van der Waals surface area contributed by atoms with Crippen molar-refractivity contribution >= 4 is 27.6 Å². The van der Waals surface area contributed by atoms with Crippen molar-refractivity contribution in [2.24, 2.45) is 7.05 Å². The van der Waals surface area contributed by atoms with Crippen LogP contribution in [-0.4, -0.2) is 26.8 Å². The van der Waals surface area contributed by atoms with E-state index in [1.807, 2.05) is 31.4 Å². The Bertz CT molecular complexity index is 523. The van der Waals surface area contributed by atoms with Crippen LogP contribution in [0, 0.1) is 0 Å². The Labute approximate surface area is 108 Å². The number of hydrogen-bond acceptors (Lipinski definition) is 5. The monoisotopic (exact) mass is 296 g/mol. The second-order valence-corrected chi connectivity index (χ2v) is 4.57. The van der Waals surface area contributed by atoms with Crippen molar-refractivity contribution in [2.45, 2.75) is 6.54 Å². The van der Waals surface area contributed by atoms with Crippen LogP contribution in [0.1, 0.15) is 5.56 Å². The minimum absolute atomic E-state index is 0.438. The zero-order valence-corrected chi connectivity index (χ0v) is 11.2. The normalized spacial score (nSPS) is 10.5. The molecule has 0 aromatic carbocycles. The predicted octanol–water partition coefficient (Wildman–Crippen LogP) is 1.19. The molecule has 90 valence electrons. The average molecular weight is 297 g/mol. The molecule has 2 aromatic rings. The first kappa shape index (κ1) is 11.8. The molecule has 17 heavy (non-hydrogen) atoms. The first-order valence-corrected chi connectivity index (χ1v) is 5.82. The molecule has 0 aliphatic heterocycles. The van der Waals surface area contributed by atoms with Crippen molar-refractivity contribution in [1.82, 2.24) is 19.7 Å². The molecule has 0 atom stereocenters. The molecular weight excluding hydrogens is 284 g/mol. The van der Waals surface area contributed by atoms with Crippen molar-refractivity contribution in [1.29, 1.82) is 0 Å². The first-order chi connectivity index (χ1) is 8.08. The van der Waals surface area contributed by atoms with Gasteiger partial charge in [0.1, 0.15) is 22.4 Å². The Morgan fingerprint density at radius 2 is 2.24 bits per heavy atom. The van der Waals surface area contributed by atoms with Gasteiger partial charge < -0.3 is 10.6 Å². The van der Waals surface area contributed by atoms with E-state index in [0.717, 1.165) is 11.4 Å². The summed E-state index contributed by atoms with van der Waals surface area (Å²) in [6, 6.07) is 0. The lowest BCUT2D eigenvalue weighted by molar-refractivity contribution is 0.766. The maximum atomic E-state index is 5.71. The zero-order chi connectivity index (χ0) is 12.4. The summed E-state index contributed by atoms with van der Waals surface area (Å²) >= 11 is 3.39. The Morgan fingerprint density at radius 1 is 1.47 bits per heavy atom. The zero-order valence-electron chi connectivity index (χ0n) is 9.63. The van der Waals surface area contributed by atoms with Crippen molar-refractivity contribution in [3.05, 3.63) is 28.8 Å². The summed E-state index contributed by atoms with van der Waals surface area (Å²) in [4.78, 5) is 10.1. The number of rotatable bonds is 3. The molecule has 0 bridgehead atoms. The summed E-state index contributed by atoms with van der Waals surface area (Å²) < 4.78 is 2.48. The van der Waals surface area contributed by atoms with Crippen LogP contribution in [0.15, 0.2) is 23.2 Å². The molecule has 0 aliphatic carbocycles. The number of aromatic nitrogens is 4. The third-order valence-corrected chi connectivity index (χ3v) is 3.10. The lowest BCUT2D eigenvalue weighted by Gasteiger charge is -2.18. The van der Waals surface area contributed by atoms with Gasteiger partial charge in [0, 0.05) is 32.4 Å². The summed E-state index contributed by atoms with van der Waals surface area (Å²) in [5.41, 5.74) is 6.83. The number of hydrogen-bond donors (Lipinski definition) is 1. The minimum atomic E-state index is 0.438. The Kier molecular flexibility index (Phi) is 3.28. The average Bonchev–Trinajstić information content (AvgIpc) is 2.68. The molecule has 2 N–H and O–H groups in total. The molecule has 0 radical (unpaired) electrons. The van der Waals surface area contributed by atoms with E-state index in [1.54, 1.807) is 4.68 Å². The Balaban J connectivity index is 2.20. The van der Waals surface area contributed by atoms with Crippen LogP contribution in [0.5, 0.6) is 0 Å². The van der Waals surface area contributed by atoms with E-state index in [9.17, 15) is 0 Å². The van der Waals surface area contributed by atoms with E-state index in [-0.39, 0.29) is 0 Å². The summed E-state index contributed by atoms with van der Waals surface area (Å²) in [6.07, 6.45) is 5.25. The SMILES string of the molecule is CN(Cc1cnn(C)c1)c1ncnc(N)c1Br. The highest BCUT2D eigenvalue weighted by atomic mass is 79.9. The molecule has 0 aliphatic rings. The highest BCUT2D eigenvalue weighted by Crippen LogP contribution is 2.27. The standard InChI is InChI=1S/C10H13BrN6/c1-16(4-7-3-15-17(2)5-7)10-8(11)9(12)13-6-14-10/h3,5-6H,4H2,1-2H3,(H2,12,13,14). The summed E-state index contributed by atoms with van der Waals surface area (Å²) in [6.45, 7) is 0.711. The fourth-order valence-electron chi connectivity index (χ4n) is 1.54. The molecule has 7 heteroatoms. The maximum absolute atomic E-state index is 5.71. The number of anilines is 2. The number of halogens is 1. The lowest BCUT2D eigenvalue weighted by Crippen LogP contribution is -2.18. The van der Waals surface area contributed by atoms with Gasteiger partial charge in [0.05, 0.1) is 6.20 Å². The van der Waals surface area contributed by atoms with Crippen LogP contribution in [0.3, 0.4) is 0 Å². The molecule has 0 unspecified atom stereocenters. The van der Waals surface area contributed by atoms with Gasteiger partial charge in [0.2, 0.25) is 0 Å². The van der Waals surface area contributed by atoms with Crippen LogP contribution >= 0.6 is 15.9 Å². The van der Waals surface area contributed by atoms with E-state index in [1.165, 1.54) is 6.33 Å². The second-order valence-electron chi connectivity index (χ2n) is 3.77. The molecule has 2 aromatic heterocycles. The van der Waals surface area contributed by atoms with Crippen molar-refractivity contribution < 1.29 is 0 Å². The quantitative estimate of drug-likeness (QED) is 0.921. The van der Waals surface area contributed by atoms with E-state index in [4.69, 9.17) is 5.73 Å². The van der Waals surface area contributed by atoms with Crippen LogP contribution in [0.4, 0.5) is 11.6 Å². The van der Waals surface area contributed by atoms with Crippen LogP contribution < -0.4 is 10.6 Å². The Morgan fingerprint density at radius 3 is 2.88 bits per heavy atom. The predicted molar refractivity (Wildman–Crippen MR) is 69.5 cm³/mol. The van der Waals surface area contributed by atoms with Crippen LogP contribution in [-0.2, 0) is 13.6 Å². The molecule has 6 nitrogen and oxygen atoms in total. The van der Waals surface area contributed by atoms with Crippen molar-refractivity contribution in [3.8, 4) is 0 Å². The topological polar surface area (TPSA) is 72.9 Å². The maximum Gasteiger partial charge on any atom is 0.148 e. The number of nitrogens with two attached hydrogens (primary N) is 1. The number of aryl methyl sites for hydroxylation is 1. The van der Waals surface area contributed by atoms with Gasteiger partial charge in [-0.3, -0.25) is 4.68 Å². The van der Waals surface area contributed by atoms with Crippen LogP contribution in [0.25, 0.3) is 0 Å². The molecular formula is C10H13BrN6. The van der Waals surface area contributed by atoms with Gasteiger partial charge in [-0.2, -0.15) is 5.10 Å². The van der Waals surface area contributed by atoms with E-state index in [0.29, 0.717) is 16.8 Å². The largest absolute Gasteiger partial charge is 0.383 e. The van der Waals surface area contributed by atoms with Gasteiger partial charge in [0.15, 0.2) is 0 Å². The van der Waals surface area contributed by atoms with Gasteiger partial charge >= 0.3 is 0 Å². The smallest absolute Gasteiger partial charge is 0.148 e. The van der Waals surface area contributed by atoms with Gasteiger partial charge in [-0.15, -0.1) is 0 Å². The highest BCUT2D eigenvalue weighted by molar-refractivity contribution is 9.10. The molecule has 0 spiro atoms. The van der Waals surface area contributed by atoms with Gasteiger partial charge in [-0.05, 0) is 15.9 Å².